The van der Waals surface area contributed by atoms with E-state index in [0.717, 1.165) is 30.6 Å². The molecule has 0 aliphatic carbocycles. The molecule has 5 N–H and O–H groups in total. The molecular weight excluding hydrogens is 414 g/mol. The van der Waals surface area contributed by atoms with Crippen LogP contribution in [0.4, 0.5) is 17.1 Å². The Morgan fingerprint density at radius 3 is 2.33 bits per heavy atom. The van der Waals surface area contributed by atoms with Crippen molar-refractivity contribution in [3.8, 4) is 0 Å². The minimum Gasteiger partial charge on any atom is -0.384 e. The van der Waals surface area contributed by atoms with Crippen LogP contribution in [-0.2, 0) is 9.59 Å². The van der Waals surface area contributed by atoms with Gasteiger partial charge in [0.05, 0.1) is 0 Å². The average Bonchev–Trinajstić information content (AvgIpc) is 2.84. The maximum Gasteiger partial charge on any atom is 0.251 e. The molecule has 1 atom stereocenters. The summed E-state index contributed by atoms with van der Waals surface area (Å²) in [6.07, 6.45) is 2.51. The molecule has 0 saturated carbocycles. The molecule has 0 aromatic heterocycles. The van der Waals surface area contributed by atoms with Crippen molar-refractivity contribution < 1.29 is 9.59 Å². The minimum absolute atomic E-state index is 0.0758. The van der Waals surface area contributed by atoms with Gasteiger partial charge in [-0.3, -0.25) is 15.0 Å². The topological polar surface area (TPSA) is 111 Å². The van der Waals surface area contributed by atoms with Crippen molar-refractivity contribution in [1.82, 2.24) is 0 Å². The van der Waals surface area contributed by atoms with Gasteiger partial charge in [0.15, 0.2) is 0 Å². The largest absolute Gasteiger partial charge is 0.384 e. The number of nitrogen functional groups attached to an aromatic ring is 1. The Morgan fingerprint density at radius 1 is 0.939 bits per heavy atom. The number of anilines is 3. The molecule has 168 valence electrons. The van der Waals surface area contributed by atoms with E-state index in [1.54, 1.807) is 35.2 Å². The van der Waals surface area contributed by atoms with Crippen LogP contribution in [0, 0.1) is 5.41 Å². The van der Waals surface area contributed by atoms with Gasteiger partial charge in [-0.25, -0.2) is 0 Å². The molecule has 1 aliphatic heterocycles. The first-order valence-corrected chi connectivity index (χ1v) is 11.0. The lowest BCUT2D eigenvalue weighted by Gasteiger charge is -2.27. The van der Waals surface area contributed by atoms with Crippen LogP contribution in [0.3, 0.4) is 0 Å². The molecule has 1 heterocycles. The van der Waals surface area contributed by atoms with E-state index >= 15 is 0 Å². The number of nitrogens with one attached hydrogen (secondary N) is 3. The zero-order valence-corrected chi connectivity index (χ0v) is 18.3. The summed E-state index contributed by atoms with van der Waals surface area (Å²) in [6, 6.07) is 23.2. The van der Waals surface area contributed by atoms with E-state index in [1.807, 2.05) is 48.5 Å². The van der Waals surface area contributed by atoms with Crippen LogP contribution in [0.1, 0.15) is 36.4 Å². The molecule has 7 nitrogen and oxygen atoms in total. The van der Waals surface area contributed by atoms with Gasteiger partial charge in [-0.2, -0.15) is 0 Å². The molecule has 33 heavy (non-hydrogen) atoms. The smallest absolute Gasteiger partial charge is 0.251 e. The summed E-state index contributed by atoms with van der Waals surface area (Å²) in [6.45, 7) is 0.722. The summed E-state index contributed by atoms with van der Waals surface area (Å²) in [4.78, 5) is 27.3. The highest BCUT2D eigenvalue weighted by Crippen LogP contribution is 2.26. The quantitative estimate of drug-likeness (QED) is 0.324. The van der Waals surface area contributed by atoms with Crippen LogP contribution in [0.5, 0.6) is 0 Å². The van der Waals surface area contributed by atoms with Gasteiger partial charge in [-0.1, -0.05) is 42.5 Å². The fourth-order valence-electron chi connectivity index (χ4n) is 3.96. The van der Waals surface area contributed by atoms with Crippen molar-refractivity contribution in [1.29, 1.82) is 5.41 Å². The summed E-state index contributed by atoms with van der Waals surface area (Å²) in [5.74, 6) is -0.190. The summed E-state index contributed by atoms with van der Waals surface area (Å²) >= 11 is 0. The number of carbonyl (C=O) groups is 2. The molecule has 7 heteroatoms. The highest BCUT2D eigenvalue weighted by atomic mass is 16.2. The van der Waals surface area contributed by atoms with Crippen LogP contribution < -0.4 is 21.3 Å². The van der Waals surface area contributed by atoms with Gasteiger partial charge < -0.3 is 21.3 Å². The maximum absolute atomic E-state index is 13.3. The number of nitrogens with two attached hydrogens (primary N) is 1. The van der Waals surface area contributed by atoms with Gasteiger partial charge in [0.1, 0.15) is 11.9 Å². The SMILES string of the molecule is N=C(N)c1ccccc1N[C@H](C(=O)Nc1ccc(N2CCCCC2=O)cc1)c1ccccc1. The van der Waals surface area contributed by atoms with Gasteiger partial charge in [-0.15, -0.1) is 0 Å². The number of amidine groups is 1. The Labute approximate surface area is 193 Å². The summed E-state index contributed by atoms with van der Waals surface area (Å²) in [7, 11) is 0. The molecule has 3 aromatic carbocycles. The molecule has 0 bridgehead atoms. The van der Waals surface area contributed by atoms with Gasteiger partial charge in [0, 0.05) is 35.6 Å². The third-order valence-electron chi connectivity index (χ3n) is 5.68. The number of rotatable bonds is 7. The number of nitrogens with zero attached hydrogens (tertiary/aromatic N) is 1. The normalized spacial score (nSPS) is 14.4. The Hall–Kier alpha value is -4.13. The summed E-state index contributed by atoms with van der Waals surface area (Å²) in [5, 5.41) is 14.0. The fraction of sp³-hybridized carbons (Fsp3) is 0.192. The molecule has 1 aliphatic rings. The van der Waals surface area contributed by atoms with E-state index in [9.17, 15) is 9.59 Å². The van der Waals surface area contributed by atoms with Crippen molar-refractivity contribution >= 4 is 34.7 Å². The van der Waals surface area contributed by atoms with Gasteiger partial charge in [0.25, 0.3) is 5.91 Å². The van der Waals surface area contributed by atoms with E-state index in [2.05, 4.69) is 10.6 Å². The lowest BCUT2D eigenvalue weighted by molar-refractivity contribution is -0.119. The number of benzene rings is 3. The molecule has 3 aromatic rings. The molecule has 1 saturated heterocycles. The second-order valence-electron chi connectivity index (χ2n) is 7.99. The van der Waals surface area contributed by atoms with Gasteiger partial charge in [-0.05, 0) is 54.8 Å². The second-order valence-corrected chi connectivity index (χ2v) is 7.99. The third kappa shape index (κ3) is 5.20. The predicted octanol–water partition coefficient (Wildman–Crippen LogP) is 4.28. The van der Waals surface area contributed by atoms with Gasteiger partial charge in [0.2, 0.25) is 5.91 Å². The predicted molar refractivity (Wildman–Crippen MR) is 132 cm³/mol. The number of carbonyl (C=O) groups excluding carboxylic acids is 2. The minimum atomic E-state index is -0.699. The van der Waals surface area contributed by atoms with Crippen molar-refractivity contribution in [2.75, 3.05) is 22.1 Å². The van der Waals surface area contributed by atoms with E-state index in [0.29, 0.717) is 23.4 Å². The fourth-order valence-corrected chi connectivity index (χ4v) is 3.96. The highest BCUT2D eigenvalue weighted by Gasteiger charge is 2.23. The summed E-state index contributed by atoms with van der Waals surface area (Å²) in [5.41, 5.74) is 9.12. The molecule has 0 radical (unpaired) electrons. The maximum atomic E-state index is 13.3. The molecule has 0 unspecified atom stereocenters. The van der Waals surface area contributed by atoms with Crippen LogP contribution in [-0.4, -0.2) is 24.2 Å². The van der Waals surface area contributed by atoms with Crippen molar-refractivity contribution in [3.63, 3.8) is 0 Å². The Balaban J connectivity index is 1.55. The molecule has 2 amide bonds. The first-order valence-electron chi connectivity index (χ1n) is 11.0. The lowest BCUT2D eigenvalue weighted by atomic mass is 10.0. The molecular formula is C26H27N5O2. The van der Waals surface area contributed by atoms with E-state index < -0.39 is 6.04 Å². The number of piperidine rings is 1. The van der Waals surface area contributed by atoms with E-state index in [-0.39, 0.29) is 17.6 Å². The molecule has 1 fully saturated rings. The Kier molecular flexibility index (Phi) is 6.69. The Bertz CT molecular complexity index is 1140. The van der Waals surface area contributed by atoms with Crippen molar-refractivity contribution in [2.24, 2.45) is 5.73 Å². The van der Waals surface area contributed by atoms with Crippen LogP contribution in [0.15, 0.2) is 78.9 Å². The summed E-state index contributed by atoms with van der Waals surface area (Å²) < 4.78 is 0. The Morgan fingerprint density at radius 2 is 1.64 bits per heavy atom. The number of amides is 2. The van der Waals surface area contributed by atoms with Crippen molar-refractivity contribution in [2.45, 2.75) is 25.3 Å². The molecule has 0 spiro atoms. The van der Waals surface area contributed by atoms with Crippen LogP contribution >= 0.6 is 0 Å². The van der Waals surface area contributed by atoms with E-state index in [1.165, 1.54) is 0 Å². The van der Waals surface area contributed by atoms with Crippen LogP contribution in [0.2, 0.25) is 0 Å². The third-order valence-corrected chi connectivity index (χ3v) is 5.68. The molecule has 4 rings (SSSR count). The zero-order valence-electron chi connectivity index (χ0n) is 18.3. The number of para-hydroxylation sites is 1. The zero-order chi connectivity index (χ0) is 23.2. The lowest BCUT2D eigenvalue weighted by Crippen LogP contribution is -2.35. The first-order chi connectivity index (χ1) is 16.0. The number of hydrogen-bond donors (Lipinski definition) is 4. The monoisotopic (exact) mass is 441 g/mol. The first kappa shape index (κ1) is 22.1. The highest BCUT2D eigenvalue weighted by molar-refractivity contribution is 6.02. The van der Waals surface area contributed by atoms with Gasteiger partial charge >= 0.3 is 0 Å². The van der Waals surface area contributed by atoms with E-state index in [4.69, 9.17) is 11.1 Å². The van der Waals surface area contributed by atoms with Crippen LogP contribution in [0.25, 0.3) is 0 Å². The second kappa shape index (κ2) is 9.99. The van der Waals surface area contributed by atoms with Crippen molar-refractivity contribution in [3.05, 3.63) is 90.0 Å². The number of hydrogen-bond acceptors (Lipinski definition) is 4. The standard InChI is InChI=1S/C26H27N5O2/c27-25(28)21-10-4-5-11-22(21)30-24(18-8-2-1-3-9-18)26(33)29-19-13-15-20(16-14-19)31-17-7-6-12-23(31)32/h1-5,8-11,13-16,24,30H,6-7,12,17H2,(H3,27,28)(H,29,33)/t24-/m0/s1. The average molecular weight is 442 g/mol.